The van der Waals surface area contributed by atoms with Crippen molar-refractivity contribution in [1.82, 2.24) is 15.3 Å². The summed E-state index contributed by atoms with van der Waals surface area (Å²) >= 11 is 0. The largest absolute Gasteiger partial charge is 0.365 e. The first-order valence-electron chi connectivity index (χ1n) is 8.00. The van der Waals surface area contributed by atoms with Crippen LogP contribution in [0.4, 0.5) is 5.82 Å². The van der Waals surface area contributed by atoms with Crippen LogP contribution in [0.25, 0.3) is 0 Å². The van der Waals surface area contributed by atoms with E-state index >= 15 is 0 Å². The molecule has 120 valence electrons. The second kappa shape index (κ2) is 7.38. The van der Waals surface area contributed by atoms with Crippen molar-refractivity contribution in [3.05, 3.63) is 29.7 Å². The van der Waals surface area contributed by atoms with Gasteiger partial charge in [0.15, 0.2) is 0 Å². The fourth-order valence-corrected chi connectivity index (χ4v) is 2.49. The van der Waals surface area contributed by atoms with Gasteiger partial charge in [-0.2, -0.15) is 0 Å². The number of carbonyl (C=O) groups is 1. The van der Waals surface area contributed by atoms with Gasteiger partial charge in [-0.25, -0.2) is 9.97 Å². The van der Waals surface area contributed by atoms with Crippen molar-refractivity contribution in [3.63, 3.8) is 0 Å². The van der Waals surface area contributed by atoms with E-state index in [1.54, 1.807) is 6.07 Å². The maximum atomic E-state index is 12.2. The van der Waals surface area contributed by atoms with Crippen molar-refractivity contribution < 1.29 is 4.79 Å². The number of allylic oxidation sites excluding steroid dienone is 1. The summed E-state index contributed by atoms with van der Waals surface area (Å²) < 4.78 is 0. The Morgan fingerprint density at radius 2 is 2.09 bits per heavy atom. The summed E-state index contributed by atoms with van der Waals surface area (Å²) in [4.78, 5) is 20.4. The van der Waals surface area contributed by atoms with E-state index in [0.29, 0.717) is 18.1 Å². The van der Waals surface area contributed by atoms with Crippen LogP contribution in [-0.2, 0) is 0 Å². The van der Waals surface area contributed by atoms with Crippen molar-refractivity contribution in [1.29, 1.82) is 0 Å². The summed E-state index contributed by atoms with van der Waals surface area (Å²) in [6.07, 6.45) is 9.58. The molecule has 1 heterocycles. The average molecular weight is 302 g/mol. The van der Waals surface area contributed by atoms with Crippen LogP contribution in [0.15, 0.2) is 24.0 Å². The fourth-order valence-electron chi connectivity index (χ4n) is 2.49. The van der Waals surface area contributed by atoms with Gasteiger partial charge in [0.05, 0.1) is 0 Å². The van der Waals surface area contributed by atoms with Gasteiger partial charge in [0.2, 0.25) is 0 Å². The van der Waals surface area contributed by atoms with Gasteiger partial charge in [0, 0.05) is 18.2 Å². The van der Waals surface area contributed by atoms with Crippen LogP contribution in [0.1, 0.15) is 63.4 Å². The van der Waals surface area contributed by atoms with Crippen molar-refractivity contribution in [3.8, 4) is 0 Å². The third-order valence-corrected chi connectivity index (χ3v) is 3.52. The van der Waals surface area contributed by atoms with E-state index in [1.807, 2.05) is 20.8 Å². The Labute approximate surface area is 132 Å². The zero-order valence-electron chi connectivity index (χ0n) is 13.8. The van der Waals surface area contributed by atoms with Gasteiger partial charge in [-0.15, -0.1) is 0 Å². The van der Waals surface area contributed by atoms with Gasteiger partial charge in [-0.3, -0.25) is 4.79 Å². The number of nitrogens with one attached hydrogen (secondary N) is 2. The molecule has 0 radical (unpaired) electrons. The number of hydrogen-bond donors (Lipinski definition) is 2. The lowest BCUT2D eigenvalue weighted by Crippen LogP contribution is -2.28. The van der Waals surface area contributed by atoms with Crippen molar-refractivity contribution in [2.75, 3.05) is 11.9 Å². The molecule has 1 aromatic rings. The second-order valence-corrected chi connectivity index (χ2v) is 6.78. The minimum Gasteiger partial charge on any atom is -0.365 e. The first-order chi connectivity index (χ1) is 10.4. The van der Waals surface area contributed by atoms with E-state index in [1.165, 1.54) is 37.6 Å². The molecule has 2 rings (SSSR count). The Kier molecular flexibility index (Phi) is 5.52. The first kappa shape index (κ1) is 16.5. The topological polar surface area (TPSA) is 66.9 Å². The van der Waals surface area contributed by atoms with Crippen molar-refractivity contribution >= 4 is 11.7 Å². The van der Waals surface area contributed by atoms with Crippen molar-refractivity contribution in [2.45, 2.75) is 58.4 Å². The number of carbonyl (C=O) groups excluding carboxylic acids is 1. The highest BCUT2D eigenvalue weighted by Crippen LogP contribution is 2.19. The number of rotatable bonds is 5. The summed E-state index contributed by atoms with van der Waals surface area (Å²) in [5, 5.41) is 6.18. The third kappa shape index (κ3) is 5.47. The summed E-state index contributed by atoms with van der Waals surface area (Å²) in [5.74, 6) is 0.526. The number of aromatic nitrogens is 2. The molecule has 0 saturated carbocycles. The molecule has 0 spiro atoms. The van der Waals surface area contributed by atoms with E-state index in [9.17, 15) is 4.79 Å². The highest BCUT2D eigenvalue weighted by atomic mass is 16.1. The predicted molar refractivity (Wildman–Crippen MR) is 88.9 cm³/mol. The molecule has 1 aliphatic rings. The monoisotopic (exact) mass is 302 g/mol. The molecule has 5 nitrogen and oxygen atoms in total. The van der Waals surface area contributed by atoms with E-state index in [4.69, 9.17) is 0 Å². The van der Waals surface area contributed by atoms with Crippen LogP contribution < -0.4 is 10.6 Å². The van der Waals surface area contributed by atoms with Crippen LogP contribution >= 0.6 is 0 Å². The molecule has 2 N–H and O–H groups in total. The van der Waals surface area contributed by atoms with Crippen LogP contribution in [0.3, 0.4) is 0 Å². The maximum Gasteiger partial charge on any atom is 0.270 e. The molecule has 0 fully saturated rings. The highest BCUT2D eigenvalue weighted by Gasteiger charge is 2.13. The lowest BCUT2D eigenvalue weighted by atomic mass is 9.97. The number of amides is 1. The number of nitrogens with zero attached hydrogens (tertiary/aromatic N) is 2. The minimum atomic E-state index is -0.143. The molecule has 0 unspecified atom stereocenters. The van der Waals surface area contributed by atoms with E-state index < -0.39 is 0 Å². The Morgan fingerprint density at radius 1 is 1.27 bits per heavy atom. The summed E-state index contributed by atoms with van der Waals surface area (Å²) in [6, 6.07) is 1.69. The molecule has 0 saturated heterocycles. The standard InChI is InChI=1S/C17H26N4O/c1-17(2,3)21-15-11-14(19-12-20-15)16(22)18-10-9-13-7-5-4-6-8-13/h7,11-12H,4-6,8-10H2,1-3H3,(H,18,22)(H,19,20,21). The number of hydrogen-bond acceptors (Lipinski definition) is 4. The van der Waals surface area contributed by atoms with E-state index in [2.05, 4.69) is 26.7 Å². The molecule has 0 aliphatic heterocycles. The zero-order chi connectivity index (χ0) is 16.0. The maximum absolute atomic E-state index is 12.2. The lowest BCUT2D eigenvalue weighted by molar-refractivity contribution is 0.0949. The van der Waals surface area contributed by atoms with E-state index in [-0.39, 0.29) is 11.4 Å². The summed E-state index contributed by atoms with van der Waals surface area (Å²) in [5.41, 5.74) is 1.76. The predicted octanol–water partition coefficient (Wildman–Crippen LogP) is 3.31. The average Bonchev–Trinajstić information content (AvgIpc) is 2.47. The third-order valence-electron chi connectivity index (χ3n) is 3.52. The van der Waals surface area contributed by atoms with Crippen LogP contribution in [0.5, 0.6) is 0 Å². The second-order valence-electron chi connectivity index (χ2n) is 6.78. The molecule has 22 heavy (non-hydrogen) atoms. The number of anilines is 1. The van der Waals surface area contributed by atoms with Crippen LogP contribution in [0, 0.1) is 0 Å². The molecule has 5 heteroatoms. The Hall–Kier alpha value is -1.91. The molecule has 1 amide bonds. The van der Waals surface area contributed by atoms with Gasteiger partial charge in [0.1, 0.15) is 17.8 Å². The Morgan fingerprint density at radius 3 is 2.77 bits per heavy atom. The van der Waals surface area contributed by atoms with Gasteiger partial charge in [0.25, 0.3) is 5.91 Å². The zero-order valence-corrected chi connectivity index (χ0v) is 13.8. The summed E-state index contributed by atoms with van der Waals surface area (Å²) in [6.45, 7) is 6.81. The molecule has 1 aromatic heterocycles. The SMILES string of the molecule is CC(C)(C)Nc1cc(C(=O)NCCC2=CCCCC2)ncn1. The fraction of sp³-hybridized carbons (Fsp3) is 0.588. The molecular weight excluding hydrogens is 276 g/mol. The van der Waals surface area contributed by atoms with Crippen LogP contribution in [0.2, 0.25) is 0 Å². The molecular formula is C17H26N4O. The smallest absolute Gasteiger partial charge is 0.270 e. The van der Waals surface area contributed by atoms with Gasteiger partial charge < -0.3 is 10.6 Å². The highest BCUT2D eigenvalue weighted by molar-refractivity contribution is 5.92. The quantitative estimate of drug-likeness (QED) is 0.819. The normalized spacial score (nSPS) is 15.1. The van der Waals surface area contributed by atoms with Crippen LogP contribution in [-0.4, -0.2) is 28.0 Å². The Bertz CT molecular complexity index is 546. The molecule has 0 aromatic carbocycles. The molecule has 0 atom stereocenters. The van der Waals surface area contributed by atoms with E-state index in [0.717, 1.165) is 6.42 Å². The summed E-state index contributed by atoms with van der Waals surface area (Å²) in [7, 11) is 0. The first-order valence-corrected chi connectivity index (χ1v) is 8.00. The minimum absolute atomic E-state index is 0.102. The lowest BCUT2D eigenvalue weighted by Gasteiger charge is -2.21. The Balaban J connectivity index is 1.86. The molecule has 1 aliphatic carbocycles. The van der Waals surface area contributed by atoms with Crippen molar-refractivity contribution in [2.24, 2.45) is 0 Å². The van der Waals surface area contributed by atoms with Gasteiger partial charge >= 0.3 is 0 Å². The van der Waals surface area contributed by atoms with Gasteiger partial charge in [-0.05, 0) is 52.9 Å². The van der Waals surface area contributed by atoms with Gasteiger partial charge in [-0.1, -0.05) is 11.6 Å². The molecule has 0 bridgehead atoms.